The minimum absolute atomic E-state index is 0.0190. The van der Waals surface area contributed by atoms with Crippen molar-refractivity contribution in [3.05, 3.63) is 22.9 Å². The molecule has 1 saturated carbocycles. The zero-order valence-electron chi connectivity index (χ0n) is 16.4. The lowest BCUT2D eigenvalue weighted by atomic mass is 10.1. The minimum Gasteiger partial charge on any atom is -0.481 e. The Morgan fingerprint density at radius 1 is 1.32 bits per heavy atom. The van der Waals surface area contributed by atoms with Crippen molar-refractivity contribution < 1.29 is 19.1 Å². The minimum atomic E-state index is -0.342. The summed E-state index contributed by atoms with van der Waals surface area (Å²) in [5.74, 6) is -0.0774. The van der Waals surface area contributed by atoms with E-state index in [0.717, 1.165) is 31.4 Å². The Kier molecular flexibility index (Phi) is 4.95. The van der Waals surface area contributed by atoms with Crippen LogP contribution in [0.4, 0.5) is 0 Å². The van der Waals surface area contributed by atoms with Crippen LogP contribution in [0.25, 0.3) is 0 Å². The zero-order valence-corrected chi connectivity index (χ0v) is 16.4. The number of likely N-dealkylation sites (tertiary alicyclic amines) is 1. The molecule has 1 saturated heterocycles. The van der Waals surface area contributed by atoms with Crippen LogP contribution in [-0.4, -0.2) is 59.2 Å². The van der Waals surface area contributed by atoms with Gasteiger partial charge in [-0.25, -0.2) is 4.98 Å². The number of nitrogens with zero attached hydrogens (tertiary/aromatic N) is 3. The lowest BCUT2D eigenvalue weighted by molar-refractivity contribution is -0.128. The summed E-state index contributed by atoms with van der Waals surface area (Å²) in [5.41, 5.74) is 2.02. The Morgan fingerprint density at radius 2 is 2.07 bits per heavy atom. The molecule has 3 amide bonds. The molecule has 3 heterocycles. The van der Waals surface area contributed by atoms with E-state index in [1.54, 1.807) is 18.0 Å². The largest absolute Gasteiger partial charge is 0.481 e. The normalized spacial score (nSPS) is 22.1. The average Bonchev–Trinajstić information content (AvgIpc) is 3.40. The van der Waals surface area contributed by atoms with Gasteiger partial charge in [-0.1, -0.05) is 12.8 Å². The number of aromatic nitrogens is 1. The number of nitrogens with one attached hydrogen (secondary N) is 1. The second-order valence-corrected chi connectivity index (χ2v) is 7.92. The van der Waals surface area contributed by atoms with Crippen molar-refractivity contribution in [3.8, 4) is 5.88 Å². The standard InChI is InChI=1S/C20H26N4O4/c1-23-10-13(8-17(23)25)18(26)21-9-12-7-15-16(22-19(12)28-2)11-24(20(15)27)14-5-3-4-6-14/h7,13-14H,3-6,8-11H2,1-2H3,(H,21,26)/t13-/m0/s1. The molecule has 3 aliphatic rings. The Morgan fingerprint density at radius 3 is 2.71 bits per heavy atom. The molecular formula is C20H26N4O4. The van der Waals surface area contributed by atoms with Crippen LogP contribution in [0.15, 0.2) is 6.07 Å². The summed E-state index contributed by atoms with van der Waals surface area (Å²) in [6, 6.07) is 2.10. The lowest BCUT2D eigenvalue weighted by Gasteiger charge is -2.22. The van der Waals surface area contributed by atoms with Gasteiger partial charge in [0.2, 0.25) is 17.7 Å². The molecule has 2 fully saturated rings. The summed E-state index contributed by atoms with van der Waals surface area (Å²) in [7, 11) is 3.24. The Hall–Kier alpha value is -2.64. The predicted molar refractivity (Wildman–Crippen MR) is 101 cm³/mol. The van der Waals surface area contributed by atoms with Gasteiger partial charge in [0.25, 0.3) is 5.91 Å². The fourth-order valence-electron chi connectivity index (χ4n) is 4.45. The molecule has 0 spiro atoms. The van der Waals surface area contributed by atoms with Crippen molar-refractivity contribution in [1.29, 1.82) is 0 Å². The molecule has 2 aliphatic heterocycles. The SMILES string of the molecule is COc1nc2c(cc1CNC(=O)[C@H]1CC(=O)N(C)C1)C(=O)N(C1CCCC1)C2. The van der Waals surface area contributed by atoms with Crippen molar-refractivity contribution in [1.82, 2.24) is 20.1 Å². The van der Waals surface area contributed by atoms with Gasteiger partial charge in [0, 0.05) is 38.2 Å². The number of methoxy groups -OCH3 is 1. The van der Waals surface area contributed by atoms with Crippen molar-refractivity contribution in [2.75, 3.05) is 20.7 Å². The number of carbonyl (C=O) groups excluding carboxylic acids is 3. The van der Waals surface area contributed by atoms with Crippen molar-refractivity contribution in [3.63, 3.8) is 0 Å². The molecule has 1 aromatic rings. The van der Waals surface area contributed by atoms with Crippen LogP contribution in [0.2, 0.25) is 0 Å². The molecule has 1 aromatic heterocycles. The first-order chi connectivity index (χ1) is 13.5. The van der Waals surface area contributed by atoms with Gasteiger partial charge >= 0.3 is 0 Å². The van der Waals surface area contributed by atoms with Gasteiger partial charge in [0.05, 0.1) is 30.8 Å². The third-order valence-corrected chi connectivity index (χ3v) is 6.08. The first kappa shape index (κ1) is 18.7. The molecule has 8 nitrogen and oxygen atoms in total. The highest BCUT2D eigenvalue weighted by molar-refractivity contribution is 5.98. The van der Waals surface area contributed by atoms with E-state index in [-0.39, 0.29) is 36.6 Å². The maximum Gasteiger partial charge on any atom is 0.256 e. The molecule has 8 heteroatoms. The summed E-state index contributed by atoms with van der Waals surface area (Å²) in [4.78, 5) is 45.0. The van der Waals surface area contributed by atoms with Crippen LogP contribution in [0.1, 0.15) is 53.7 Å². The van der Waals surface area contributed by atoms with Gasteiger partial charge < -0.3 is 19.9 Å². The molecule has 1 N–H and O–H groups in total. The molecule has 1 atom stereocenters. The van der Waals surface area contributed by atoms with Gasteiger partial charge in [-0.15, -0.1) is 0 Å². The monoisotopic (exact) mass is 386 g/mol. The van der Waals surface area contributed by atoms with Crippen molar-refractivity contribution >= 4 is 17.7 Å². The summed E-state index contributed by atoms with van der Waals surface area (Å²) in [5, 5.41) is 2.87. The zero-order chi connectivity index (χ0) is 19.8. The lowest BCUT2D eigenvalue weighted by Crippen LogP contribution is -2.33. The van der Waals surface area contributed by atoms with E-state index in [1.807, 2.05) is 4.90 Å². The van der Waals surface area contributed by atoms with E-state index in [0.29, 0.717) is 36.1 Å². The van der Waals surface area contributed by atoms with E-state index < -0.39 is 0 Å². The summed E-state index contributed by atoms with van der Waals surface area (Å²) in [6.07, 6.45) is 4.66. The maximum atomic E-state index is 12.9. The molecule has 1 aliphatic carbocycles. The molecule has 0 radical (unpaired) electrons. The summed E-state index contributed by atoms with van der Waals surface area (Å²) in [6.45, 7) is 1.17. The quantitative estimate of drug-likeness (QED) is 0.818. The molecule has 0 unspecified atom stereocenters. The van der Waals surface area contributed by atoms with Crippen LogP contribution in [0.5, 0.6) is 5.88 Å². The molecule has 150 valence electrons. The van der Waals surface area contributed by atoms with Gasteiger partial charge in [0.1, 0.15) is 0 Å². The number of carbonyl (C=O) groups is 3. The number of fused-ring (bicyclic) bond motifs is 1. The fourth-order valence-corrected chi connectivity index (χ4v) is 4.45. The molecule has 28 heavy (non-hydrogen) atoms. The first-order valence-corrected chi connectivity index (χ1v) is 9.87. The van der Waals surface area contributed by atoms with Gasteiger partial charge in [0.15, 0.2) is 0 Å². The highest BCUT2D eigenvalue weighted by Gasteiger charge is 2.36. The smallest absolute Gasteiger partial charge is 0.256 e. The number of amides is 3. The van der Waals surface area contributed by atoms with E-state index >= 15 is 0 Å². The maximum absolute atomic E-state index is 12.9. The van der Waals surface area contributed by atoms with E-state index in [1.165, 1.54) is 7.11 Å². The van der Waals surface area contributed by atoms with Crippen LogP contribution in [-0.2, 0) is 22.7 Å². The van der Waals surface area contributed by atoms with Crippen molar-refractivity contribution in [2.24, 2.45) is 5.92 Å². The summed E-state index contributed by atoms with van der Waals surface area (Å²) < 4.78 is 5.40. The third kappa shape index (κ3) is 3.31. The van der Waals surface area contributed by atoms with Gasteiger partial charge in [-0.2, -0.15) is 0 Å². The fraction of sp³-hybridized carbons (Fsp3) is 0.600. The predicted octanol–water partition coefficient (Wildman–Crippen LogP) is 1.08. The summed E-state index contributed by atoms with van der Waals surface area (Å²) >= 11 is 0. The second-order valence-electron chi connectivity index (χ2n) is 7.92. The topological polar surface area (TPSA) is 91.8 Å². The van der Waals surface area contributed by atoms with Gasteiger partial charge in [-0.3, -0.25) is 14.4 Å². The van der Waals surface area contributed by atoms with E-state index in [9.17, 15) is 14.4 Å². The van der Waals surface area contributed by atoms with E-state index in [2.05, 4.69) is 10.3 Å². The number of ether oxygens (including phenoxy) is 1. The molecular weight excluding hydrogens is 360 g/mol. The Bertz CT molecular complexity index is 819. The first-order valence-electron chi connectivity index (χ1n) is 9.87. The van der Waals surface area contributed by atoms with Crippen LogP contribution in [0.3, 0.4) is 0 Å². The Balaban J connectivity index is 1.47. The van der Waals surface area contributed by atoms with Gasteiger partial charge in [-0.05, 0) is 18.9 Å². The number of rotatable bonds is 5. The number of hydrogen-bond acceptors (Lipinski definition) is 5. The number of pyridine rings is 1. The van der Waals surface area contributed by atoms with E-state index in [4.69, 9.17) is 4.74 Å². The highest BCUT2D eigenvalue weighted by Crippen LogP contribution is 2.33. The van der Waals surface area contributed by atoms with Crippen LogP contribution < -0.4 is 10.1 Å². The molecule has 0 aromatic carbocycles. The third-order valence-electron chi connectivity index (χ3n) is 6.08. The second kappa shape index (κ2) is 7.41. The number of hydrogen-bond donors (Lipinski definition) is 1. The van der Waals surface area contributed by atoms with Crippen LogP contribution >= 0.6 is 0 Å². The molecule has 0 bridgehead atoms. The van der Waals surface area contributed by atoms with Crippen LogP contribution in [0, 0.1) is 5.92 Å². The Labute approximate surface area is 164 Å². The highest BCUT2D eigenvalue weighted by atomic mass is 16.5. The average molecular weight is 386 g/mol. The van der Waals surface area contributed by atoms with Crippen molar-refractivity contribution in [2.45, 2.75) is 51.2 Å². The molecule has 4 rings (SSSR count).